The van der Waals surface area contributed by atoms with Crippen molar-refractivity contribution in [2.45, 2.75) is 38.5 Å². The first-order chi connectivity index (χ1) is 4.95. The molecule has 0 bridgehead atoms. The fourth-order valence-electron chi connectivity index (χ4n) is 1.01. The Labute approximate surface area is 61.0 Å². The van der Waals surface area contributed by atoms with Crippen molar-refractivity contribution in [3.05, 3.63) is 0 Å². The third-order valence-corrected chi connectivity index (χ3v) is 2.19. The van der Waals surface area contributed by atoms with Crippen molar-refractivity contribution in [3.63, 3.8) is 0 Å². The van der Waals surface area contributed by atoms with Crippen LogP contribution in [0, 0.1) is 0 Å². The van der Waals surface area contributed by atoms with Gasteiger partial charge in [0.25, 0.3) is 0 Å². The molecule has 0 N–H and O–H groups in total. The standard InChI is InChI=1S/C8H12N2/c1-3-7(4-1)9-10-8-5-2-6-8/h1-6H2. The molecule has 2 rings (SSSR count). The zero-order valence-electron chi connectivity index (χ0n) is 6.14. The molecule has 2 heteroatoms. The van der Waals surface area contributed by atoms with Crippen LogP contribution in [0.2, 0.25) is 0 Å². The summed E-state index contributed by atoms with van der Waals surface area (Å²) in [5.74, 6) is 0. The molecular weight excluding hydrogens is 124 g/mol. The van der Waals surface area contributed by atoms with E-state index in [4.69, 9.17) is 0 Å². The lowest BCUT2D eigenvalue weighted by Gasteiger charge is -2.15. The number of hydrogen-bond acceptors (Lipinski definition) is 2. The van der Waals surface area contributed by atoms with Crippen molar-refractivity contribution < 1.29 is 0 Å². The van der Waals surface area contributed by atoms with Crippen LogP contribution in [-0.4, -0.2) is 11.4 Å². The van der Waals surface area contributed by atoms with Gasteiger partial charge in [0.1, 0.15) is 0 Å². The molecule has 0 heterocycles. The highest BCUT2D eigenvalue weighted by Crippen LogP contribution is 2.17. The van der Waals surface area contributed by atoms with Crippen LogP contribution in [0.5, 0.6) is 0 Å². The van der Waals surface area contributed by atoms with Gasteiger partial charge in [0, 0.05) is 11.4 Å². The summed E-state index contributed by atoms with van der Waals surface area (Å²) in [7, 11) is 0. The summed E-state index contributed by atoms with van der Waals surface area (Å²) in [4.78, 5) is 0. The van der Waals surface area contributed by atoms with Crippen molar-refractivity contribution in [3.8, 4) is 0 Å². The first-order valence-electron chi connectivity index (χ1n) is 4.06. The van der Waals surface area contributed by atoms with E-state index < -0.39 is 0 Å². The van der Waals surface area contributed by atoms with E-state index in [0.29, 0.717) is 0 Å². The van der Waals surface area contributed by atoms with Gasteiger partial charge in [0.05, 0.1) is 0 Å². The van der Waals surface area contributed by atoms with E-state index in [1.807, 2.05) is 0 Å². The lowest BCUT2D eigenvalue weighted by Crippen LogP contribution is -2.12. The fourth-order valence-corrected chi connectivity index (χ4v) is 1.01. The Morgan fingerprint density at radius 1 is 0.700 bits per heavy atom. The maximum absolute atomic E-state index is 4.16. The Morgan fingerprint density at radius 2 is 1.10 bits per heavy atom. The van der Waals surface area contributed by atoms with Crippen molar-refractivity contribution in [1.82, 2.24) is 0 Å². The molecule has 0 aliphatic heterocycles. The molecule has 2 saturated carbocycles. The molecule has 54 valence electrons. The van der Waals surface area contributed by atoms with Gasteiger partial charge in [-0.05, 0) is 38.5 Å². The Balaban J connectivity index is 1.89. The SMILES string of the molecule is C1CC(=NN=C2CCC2)C1. The molecule has 0 aromatic carbocycles. The summed E-state index contributed by atoms with van der Waals surface area (Å²) in [5, 5.41) is 8.31. The van der Waals surface area contributed by atoms with E-state index in [9.17, 15) is 0 Å². The van der Waals surface area contributed by atoms with Gasteiger partial charge in [0.2, 0.25) is 0 Å². The summed E-state index contributed by atoms with van der Waals surface area (Å²) >= 11 is 0. The molecule has 0 saturated heterocycles. The minimum absolute atomic E-state index is 1.19. The normalized spacial score (nSPS) is 23.2. The molecule has 0 atom stereocenters. The smallest absolute Gasteiger partial charge is 0.0406 e. The molecule has 0 radical (unpaired) electrons. The van der Waals surface area contributed by atoms with Crippen LogP contribution in [0.4, 0.5) is 0 Å². The first kappa shape index (κ1) is 6.08. The van der Waals surface area contributed by atoms with Crippen LogP contribution < -0.4 is 0 Å². The Hall–Kier alpha value is -0.660. The fraction of sp³-hybridized carbons (Fsp3) is 0.750. The molecule has 2 nitrogen and oxygen atoms in total. The number of rotatable bonds is 1. The Bertz CT molecular complexity index is 157. The second kappa shape index (κ2) is 2.52. The van der Waals surface area contributed by atoms with Gasteiger partial charge in [-0.2, -0.15) is 10.2 Å². The van der Waals surface area contributed by atoms with Crippen LogP contribution in [0.25, 0.3) is 0 Å². The molecule has 2 fully saturated rings. The van der Waals surface area contributed by atoms with E-state index in [1.165, 1.54) is 49.9 Å². The van der Waals surface area contributed by atoms with Gasteiger partial charge in [0.15, 0.2) is 0 Å². The van der Waals surface area contributed by atoms with Gasteiger partial charge in [-0.3, -0.25) is 0 Å². The minimum Gasteiger partial charge on any atom is -0.160 e. The van der Waals surface area contributed by atoms with E-state index in [0.717, 1.165) is 0 Å². The van der Waals surface area contributed by atoms with E-state index in [1.54, 1.807) is 0 Å². The van der Waals surface area contributed by atoms with Gasteiger partial charge >= 0.3 is 0 Å². The van der Waals surface area contributed by atoms with Crippen LogP contribution in [0.15, 0.2) is 10.2 Å². The topological polar surface area (TPSA) is 24.7 Å². The Morgan fingerprint density at radius 3 is 1.30 bits per heavy atom. The van der Waals surface area contributed by atoms with Gasteiger partial charge in [-0.15, -0.1) is 0 Å². The molecule has 0 aromatic heterocycles. The molecule has 10 heavy (non-hydrogen) atoms. The average molecular weight is 136 g/mol. The summed E-state index contributed by atoms with van der Waals surface area (Å²) in [5.41, 5.74) is 2.61. The summed E-state index contributed by atoms with van der Waals surface area (Å²) < 4.78 is 0. The number of nitrogens with zero attached hydrogens (tertiary/aromatic N) is 2. The van der Waals surface area contributed by atoms with E-state index >= 15 is 0 Å². The molecular formula is C8H12N2. The van der Waals surface area contributed by atoms with Crippen molar-refractivity contribution >= 4 is 11.4 Å². The van der Waals surface area contributed by atoms with Crippen molar-refractivity contribution in [2.24, 2.45) is 10.2 Å². The maximum atomic E-state index is 4.16. The summed E-state index contributed by atoms with van der Waals surface area (Å²) in [6.45, 7) is 0. The van der Waals surface area contributed by atoms with Crippen LogP contribution in [0.1, 0.15) is 38.5 Å². The summed E-state index contributed by atoms with van der Waals surface area (Å²) in [6, 6.07) is 0. The van der Waals surface area contributed by atoms with Gasteiger partial charge < -0.3 is 0 Å². The van der Waals surface area contributed by atoms with Crippen molar-refractivity contribution in [2.75, 3.05) is 0 Å². The third-order valence-electron chi connectivity index (χ3n) is 2.19. The number of hydrogen-bond donors (Lipinski definition) is 0. The Kier molecular flexibility index (Phi) is 1.53. The van der Waals surface area contributed by atoms with Crippen LogP contribution in [-0.2, 0) is 0 Å². The molecule has 0 unspecified atom stereocenters. The predicted octanol–water partition coefficient (Wildman–Crippen LogP) is 2.15. The monoisotopic (exact) mass is 136 g/mol. The van der Waals surface area contributed by atoms with Crippen LogP contribution in [0.3, 0.4) is 0 Å². The maximum Gasteiger partial charge on any atom is 0.0406 e. The van der Waals surface area contributed by atoms with E-state index in [2.05, 4.69) is 10.2 Å². The first-order valence-corrected chi connectivity index (χ1v) is 4.06. The molecule has 0 spiro atoms. The van der Waals surface area contributed by atoms with Crippen molar-refractivity contribution in [1.29, 1.82) is 0 Å². The average Bonchev–Trinajstić information content (AvgIpc) is 1.70. The molecule has 0 aromatic rings. The summed E-state index contributed by atoms with van der Waals surface area (Å²) in [6.07, 6.45) is 7.41. The minimum atomic E-state index is 1.19. The lowest BCUT2D eigenvalue weighted by molar-refractivity contribution is 0.773. The van der Waals surface area contributed by atoms with Gasteiger partial charge in [-0.1, -0.05) is 0 Å². The largest absolute Gasteiger partial charge is 0.160 e. The highest BCUT2D eigenvalue weighted by Gasteiger charge is 2.12. The lowest BCUT2D eigenvalue weighted by atomic mass is 9.97. The van der Waals surface area contributed by atoms with Gasteiger partial charge in [-0.25, -0.2) is 0 Å². The highest BCUT2D eigenvalue weighted by atomic mass is 15.2. The molecule has 2 aliphatic rings. The third kappa shape index (κ3) is 1.11. The molecule has 0 amide bonds. The zero-order chi connectivity index (χ0) is 6.81. The predicted molar refractivity (Wildman–Crippen MR) is 42.6 cm³/mol. The molecule has 2 aliphatic carbocycles. The van der Waals surface area contributed by atoms with E-state index in [-0.39, 0.29) is 0 Å². The zero-order valence-corrected chi connectivity index (χ0v) is 6.14. The quantitative estimate of drug-likeness (QED) is 0.493. The second-order valence-corrected chi connectivity index (χ2v) is 3.04. The highest BCUT2D eigenvalue weighted by molar-refractivity contribution is 5.92. The second-order valence-electron chi connectivity index (χ2n) is 3.04. The van der Waals surface area contributed by atoms with Crippen LogP contribution >= 0.6 is 0 Å².